The molecule has 1 atom stereocenters. The molecule has 6 nitrogen and oxygen atoms in total. The van der Waals surface area contributed by atoms with Gasteiger partial charge in [-0.05, 0) is 60.9 Å². The van der Waals surface area contributed by atoms with E-state index in [2.05, 4.69) is 45.2 Å². The van der Waals surface area contributed by atoms with Gasteiger partial charge in [-0.3, -0.25) is 0 Å². The van der Waals surface area contributed by atoms with E-state index < -0.39 is 0 Å². The zero-order chi connectivity index (χ0) is 22.5. The van der Waals surface area contributed by atoms with Crippen molar-refractivity contribution in [3.63, 3.8) is 0 Å². The number of nitrogens with zero attached hydrogens (tertiary/aromatic N) is 3. The maximum absolute atomic E-state index is 6.02. The molecule has 1 aromatic heterocycles. The first kappa shape index (κ1) is 22.0. The predicted octanol–water partition coefficient (Wildman–Crippen LogP) is 6.37. The molecule has 1 saturated carbocycles. The number of benzene rings is 2. The molecular formula is C26H31ClN6. The Bertz CT molecular complexity index is 1060. The van der Waals surface area contributed by atoms with Crippen molar-refractivity contribution in [2.24, 2.45) is 0 Å². The van der Waals surface area contributed by atoms with Crippen LogP contribution in [-0.2, 0) is 13.0 Å². The van der Waals surface area contributed by atoms with Crippen molar-refractivity contribution in [3.05, 3.63) is 70.2 Å². The maximum atomic E-state index is 6.02. The van der Waals surface area contributed by atoms with Gasteiger partial charge < -0.3 is 16.0 Å². The van der Waals surface area contributed by atoms with Crippen LogP contribution >= 0.6 is 11.6 Å². The maximum Gasteiger partial charge on any atom is 0.229 e. The fraction of sp³-hybridized carbons (Fsp3) is 0.423. The summed E-state index contributed by atoms with van der Waals surface area (Å²) in [5.41, 5.74) is 3.89. The zero-order valence-electron chi connectivity index (χ0n) is 18.9. The third-order valence-electron chi connectivity index (χ3n) is 6.61. The minimum atomic E-state index is 0.212. The molecule has 0 bridgehead atoms. The number of aryl methyl sites for hydroxylation is 1. The highest BCUT2D eigenvalue weighted by Gasteiger charge is 2.22. The van der Waals surface area contributed by atoms with E-state index in [1.165, 1.54) is 30.4 Å². The lowest BCUT2D eigenvalue weighted by Crippen LogP contribution is -2.25. The number of anilines is 3. The minimum absolute atomic E-state index is 0.212. The zero-order valence-corrected chi connectivity index (χ0v) is 19.6. The van der Waals surface area contributed by atoms with Gasteiger partial charge in [-0.2, -0.15) is 15.0 Å². The van der Waals surface area contributed by atoms with Crippen LogP contribution in [0.4, 0.5) is 17.8 Å². The minimum Gasteiger partial charge on any atom is -0.351 e. The van der Waals surface area contributed by atoms with E-state index in [0.717, 1.165) is 42.7 Å². The van der Waals surface area contributed by atoms with Gasteiger partial charge >= 0.3 is 0 Å². The highest BCUT2D eigenvalue weighted by molar-refractivity contribution is 6.30. The highest BCUT2D eigenvalue weighted by Crippen LogP contribution is 2.32. The van der Waals surface area contributed by atoms with E-state index in [-0.39, 0.29) is 6.04 Å². The van der Waals surface area contributed by atoms with Crippen molar-refractivity contribution in [1.82, 2.24) is 15.0 Å². The average molecular weight is 463 g/mol. The molecule has 2 aromatic carbocycles. The first-order valence-electron chi connectivity index (χ1n) is 12.1. The van der Waals surface area contributed by atoms with E-state index in [1.807, 2.05) is 24.3 Å². The molecular weight excluding hydrogens is 432 g/mol. The molecule has 3 aromatic rings. The summed E-state index contributed by atoms with van der Waals surface area (Å²) in [6, 6.07) is 17.1. The van der Waals surface area contributed by atoms with Crippen molar-refractivity contribution in [2.75, 3.05) is 16.0 Å². The molecule has 0 saturated heterocycles. The van der Waals surface area contributed by atoms with Crippen LogP contribution in [0.2, 0.25) is 5.02 Å². The molecule has 1 fully saturated rings. The van der Waals surface area contributed by atoms with Gasteiger partial charge in [0.2, 0.25) is 17.8 Å². The highest BCUT2D eigenvalue weighted by atomic mass is 35.5. The topological polar surface area (TPSA) is 74.8 Å². The molecule has 7 heteroatoms. The summed E-state index contributed by atoms with van der Waals surface area (Å²) in [7, 11) is 0. The van der Waals surface area contributed by atoms with E-state index in [0.29, 0.717) is 30.4 Å². The number of aromatic nitrogens is 3. The number of hydrogen-bond acceptors (Lipinski definition) is 6. The fourth-order valence-corrected chi connectivity index (χ4v) is 4.98. The summed E-state index contributed by atoms with van der Waals surface area (Å²) in [5, 5.41) is 11.3. The van der Waals surface area contributed by atoms with Crippen LogP contribution in [-0.4, -0.2) is 21.0 Å². The molecule has 3 N–H and O–H groups in total. The second-order valence-electron chi connectivity index (χ2n) is 9.05. The van der Waals surface area contributed by atoms with E-state index in [4.69, 9.17) is 21.6 Å². The van der Waals surface area contributed by atoms with Crippen molar-refractivity contribution < 1.29 is 0 Å². The molecule has 172 valence electrons. The van der Waals surface area contributed by atoms with Gasteiger partial charge in [0.1, 0.15) is 0 Å². The van der Waals surface area contributed by atoms with Crippen LogP contribution in [0.1, 0.15) is 67.7 Å². The lowest BCUT2D eigenvalue weighted by Gasteiger charge is -2.27. The molecule has 1 unspecified atom stereocenters. The summed E-state index contributed by atoms with van der Waals surface area (Å²) in [6.45, 7) is 0.621. The van der Waals surface area contributed by atoms with E-state index in [9.17, 15) is 0 Å². The molecule has 2 aliphatic carbocycles. The van der Waals surface area contributed by atoms with Crippen LogP contribution in [0.15, 0.2) is 48.5 Å². The van der Waals surface area contributed by atoms with Gasteiger partial charge in [-0.15, -0.1) is 0 Å². The third kappa shape index (κ3) is 5.74. The Balaban J connectivity index is 1.36. The average Bonchev–Trinajstić information content (AvgIpc) is 2.84. The molecule has 0 spiro atoms. The van der Waals surface area contributed by atoms with Gasteiger partial charge in [0, 0.05) is 17.6 Å². The second-order valence-corrected chi connectivity index (χ2v) is 9.49. The molecule has 5 rings (SSSR count). The van der Waals surface area contributed by atoms with Gasteiger partial charge in [0.15, 0.2) is 0 Å². The van der Waals surface area contributed by atoms with Gasteiger partial charge in [0.25, 0.3) is 0 Å². The summed E-state index contributed by atoms with van der Waals surface area (Å²) < 4.78 is 0. The number of fused-ring (bicyclic) bond motifs is 1. The van der Waals surface area contributed by atoms with Crippen LogP contribution in [0.3, 0.4) is 0 Å². The first-order chi connectivity index (χ1) is 16.2. The van der Waals surface area contributed by atoms with Crippen LogP contribution < -0.4 is 16.0 Å². The third-order valence-corrected chi connectivity index (χ3v) is 6.86. The summed E-state index contributed by atoms with van der Waals surface area (Å²) in [6.07, 6.45) is 9.53. The number of halogens is 1. The molecule has 0 aliphatic heterocycles. The Morgan fingerprint density at radius 2 is 1.48 bits per heavy atom. The normalized spacial score (nSPS) is 18.4. The van der Waals surface area contributed by atoms with Crippen molar-refractivity contribution in [2.45, 2.75) is 70.0 Å². The largest absolute Gasteiger partial charge is 0.351 e. The van der Waals surface area contributed by atoms with Crippen molar-refractivity contribution in [1.29, 1.82) is 0 Å². The Kier molecular flexibility index (Phi) is 6.91. The monoisotopic (exact) mass is 462 g/mol. The lowest BCUT2D eigenvalue weighted by molar-refractivity contribution is 0.460. The number of rotatable bonds is 7. The molecule has 33 heavy (non-hydrogen) atoms. The molecule has 1 heterocycles. The summed E-state index contributed by atoms with van der Waals surface area (Å²) >= 11 is 6.02. The Hall–Kier alpha value is -2.86. The van der Waals surface area contributed by atoms with E-state index >= 15 is 0 Å². The van der Waals surface area contributed by atoms with Gasteiger partial charge in [0.05, 0.1) is 6.04 Å². The second kappa shape index (κ2) is 10.4. The molecule has 0 amide bonds. The van der Waals surface area contributed by atoms with E-state index in [1.54, 1.807) is 0 Å². The Morgan fingerprint density at radius 1 is 0.758 bits per heavy atom. The smallest absolute Gasteiger partial charge is 0.229 e. The standard InChI is InChI=1S/C26H31ClN6/c27-20-15-13-18(14-16-20)17-28-24-31-25(29-21-9-2-1-3-10-21)33-26(32-24)30-23-12-6-8-19-7-4-5-11-22(19)23/h4-5,7,11,13-16,21,23H,1-3,6,8-10,12,17H2,(H3,28,29,30,31,32,33). The van der Waals surface area contributed by atoms with Crippen LogP contribution in [0.25, 0.3) is 0 Å². The molecule has 0 radical (unpaired) electrons. The first-order valence-corrected chi connectivity index (χ1v) is 12.5. The van der Waals surface area contributed by atoms with Gasteiger partial charge in [-0.1, -0.05) is 67.3 Å². The quantitative estimate of drug-likeness (QED) is 0.378. The Morgan fingerprint density at radius 3 is 2.30 bits per heavy atom. The molecule has 2 aliphatic rings. The fourth-order valence-electron chi connectivity index (χ4n) is 4.86. The predicted molar refractivity (Wildman–Crippen MR) is 135 cm³/mol. The summed E-state index contributed by atoms with van der Waals surface area (Å²) in [5.74, 6) is 1.83. The van der Waals surface area contributed by atoms with Crippen molar-refractivity contribution in [3.8, 4) is 0 Å². The number of hydrogen-bond donors (Lipinski definition) is 3. The SMILES string of the molecule is Clc1ccc(CNc2nc(NC3CCCCC3)nc(NC3CCCc4ccccc43)n2)cc1. The van der Waals surface area contributed by atoms with Crippen molar-refractivity contribution >= 4 is 29.4 Å². The number of nitrogens with one attached hydrogen (secondary N) is 3. The van der Waals surface area contributed by atoms with Gasteiger partial charge in [-0.25, -0.2) is 0 Å². The Labute approximate surface area is 200 Å². The lowest BCUT2D eigenvalue weighted by atomic mass is 9.88. The van der Waals surface area contributed by atoms with Crippen LogP contribution in [0.5, 0.6) is 0 Å². The van der Waals surface area contributed by atoms with Crippen LogP contribution in [0, 0.1) is 0 Å². The summed E-state index contributed by atoms with van der Waals surface area (Å²) in [4.78, 5) is 14.2.